The molecule has 0 radical (unpaired) electrons. The summed E-state index contributed by atoms with van der Waals surface area (Å²) < 4.78 is 11.7. The normalized spacial score (nSPS) is 22.1. The van der Waals surface area contributed by atoms with Gasteiger partial charge >= 0.3 is 0 Å². The predicted octanol–water partition coefficient (Wildman–Crippen LogP) is 4.38. The second-order valence-corrected chi connectivity index (χ2v) is 6.91. The van der Waals surface area contributed by atoms with Crippen molar-refractivity contribution in [1.29, 1.82) is 0 Å². The molecule has 118 valence electrons. The molecule has 1 aromatic rings. The van der Waals surface area contributed by atoms with Gasteiger partial charge in [0.2, 0.25) is 0 Å². The Morgan fingerprint density at radius 1 is 1.10 bits per heavy atom. The third kappa shape index (κ3) is 4.62. The second kappa shape index (κ2) is 8.04. The molecule has 1 saturated carbocycles. The first-order chi connectivity index (χ1) is 10.1. The SMILES string of the molecule is COc1cc(Br)c(CNCC2CCC(C)CC2)cc1OC. The largest absolute Gasteiger partial charge is 0.493 e. The minimum absolute atomic E-state index is 0.759. The van der Waals surface area contributed by atoms with Crippen molar-refractivity contribution in [2.45, 2.75) is 39.2 Å². The Balaban J connectivity index is 1.88. The van der Waals surface area contributed by atoms with Crippen LogP contribution in [-0.4, -0.2) is 20.8 Å². The highest BCUT2D eigenvalue weighted by Gasteiger charge is 2.18. The van der Waals surface area contributed by atoms with Gasteiger partial charge in [-0.2, -0.15) is 0 Å². The zero-order valence-electron chi connectivity index (χ0n) is 13.2. The Kier molecular flexibility index (Phi) is 6.37. The van der Waals surface area contributed by atoms with Crippen LogP contribution in [0.3, 0.4) is 0 Å². The fourth-order valence-corrected chi connectivity index (χ4v) is 3.44. The Morgan fingerprint density at radius 2 is 1.71 bits per heavy atom. The van der Waals surface area contributed by atoms with Gasteiger partial charge in [0, 0.05) is 11.0 Å². The molecule has 21 heavy (non-hydrogen) atoms. The molecule has 3 nitrogen and oxygen atoms in total. The first-order valence-corrected chi connectivity index (χ1v) is 8.54. The van der Waals surface area contributed by atoms with Gasteiger partial charge in [0.25, 0.3) is 0 Å². The molecule has 0 aromatic heterocycles. The Hall–Kier alpha value is -0.740. The van der Waals surface area contributed by atoms with Crippen molar-refractivity contribution in [2.75, 3.05) is 20.8 Å². The smallest absolute Gasteiger partial charge is 0.161 e. The van der Waals surface area contributed by atoms with Crippen molar-refractivity contribution in [3.05, 3.63) is 22.2 Å². The van der Waals surface area contributed by atoms with Crippen LogP contribution in [0.15, 0.2) is 16.6 Å². The van der Waals surface area contributed by atoms with Gasteiger partial charge < -0.3 is 14.8 Å². The van der Waals surface area contributed by atoms with Crippen LogP contribution in [0, 0.1) is 11.8 Å². The number of nitrogens with one attached hydrogen (secondary N) is 1. The van der Waals surface area contributed by atoms with E-state index in [1.807, 2.05) is 12.1 Å². The standard InChI is InChI=1S/C17H26BrNO2/c1-12-4-6-13(7-5-12)10-19-11-14-8-16(20-2)17(21-3)9-15(14)18/h8-9,12-13,19H,4-7,10-11H2,1-3H3. The van der Waals surface area contributed by atoms with Gasteiger partial charge in [0.1, 0.15) is 0 Å². The van der Waals surface area contributed by atoms with Crippen LogP contribution in [0.4, 0.5) is 0 Å². The molecule has 1 aliphatic carbocycles. The van der Waals surface area contributed by atoms with Gasteiger partial charge in [0.15, 0.2) is 11.5 Å². The summed E-state index contributed by atoms with van der Waals surface area (Å²) in [4.78, 5) is 0. The molecule has 0 unspecified atom stereocenters. The van der Waals surface area contributed by atoms with Gasteiger partial charge in [-0.25, -0.2) is 0 Å². The summed E-state index contributed by atoms with van der Waals surface area (Å²) in [5, 5.41) is 3.59. The summed E-state index contributed by atoms with van der Waals surface area (Å²) in [5.41, 5.74) is 1.21. The van der Waals surface area contributed by atoms with E-state index in [1.54, 1.807) is 14.2 Å². The summed E-state index contributed by atoms with van der Waals surface area (Å²) in [6.07, 6.45) is 5.49. The van der Waals surface area contributed by atoms with E-state index in [2.05, 4.69) is 28.2 Å². The van der Waals surface area contributed by atoms with Crippen LogP contribution in [-0.2, 0) is 6.54 Å². The number of halogens is 1. The summed E-state index contributed by atoms with van der Waals surface area (Å²) in [6, 6.07) is 4.01. The van der Waals surface area contributed by atoms with Crippen LogP contribution in [0.25, 0.3) is 0 Å². The lowest BCUT2D eigenvalue weighted by atomic mass is 9.83. The third-order valence-corrected chi connectivity index (χ3v) is 5.17. The predicted molar refractivity (Wildman–Crippen MR) is 90.1 cm³/mol. The van der Waals surface area contributed by atoms with E-state index in [4.69, 9.17) is 9.47 Å². The van der Waals surface area contributed by atoms with E-state index < -0.39 is 0 Å². The molecular formula is C17H26BrNO2. The van der Waals surface area contributed by atoms with Gasteiger partial charge in [-0.15, -0.1) is 0 Å². The fourth-order valence-electron chi connectivity index (χ4n) is 2.98. The molecule has 0 atom stereocenters. The van der Waals surface area contributed by atoms with Crippen LogP contribution in [0.5, 0.6) is 11.5 Å². The molecule has 1 N–H and O–H groups in total. The lowest BCUT2D eigenvalue weighted by molar-refractivity contribution is 0.281. The average Bonchev–Trinajstić information content (AvgIpc) is 2.50. The second-order valence-electron chi connectivity index (χ2n) is 6.06. The number of ether oxygens (including phenoxy) is 2. The van der Waals surface area contributed by atoms with Crippen molar-refractivity contribution in [1.82, 2.24) is 5.32 Å². The molecule has 0 aliphatic heterocycles. The molecule has 1 fully saturated rings. The highest BCUT2D eigenvalue weighted by Crippen LogP contribution is 2.33. The Morgan fingerprint density at radius 3 is 2.33 bits per heavy atom. The summed E-state index contributed by atoms with van der Waals surface area (Å²) >= 11 is 3.61. The van der Waals surface area contributed by atoms with Crippen molar-refractivity contribution < 1.29 is 9.47 Å². The molecule has 2 rings (SSSR count). The van der Waals surface area contributed by atoms with Crippen LogP contribution in [0.1, 0.15) is 38.2 Å². The highest BCUT2D eigenvalue weighted by molar-refractivity contribution is 9.10. The molecule has 0 spiro atoms. The number of hydrogen-bond donors (Lipinski definition) is 1. The third-order valence-electron chi connectivity index (χ3n) is 4.44. The van der Waals surface area contributed by atoms with Crippen molar-refractivity contribution in [2.24, 2.45) is 11.8 Å². The highest BCUT2D eigenvalue weighted by atomic mass is 79.9. The van der Waals surface area contributed by atoms with E-state index in [-0.39, 0.29) is 0 Å². The van der Waals surface area contributed by atoms with Gasteiger partial charge in [-0.1, -0.05) is 35.7 Å². The Labute approximate surface area is 136 Å². The monoisotopic (exact) mass is 355 g/mol. The molecule has 4 heteroatoms. The summed E-state index contributed by atoms with van der Waals surface area (Å²) in [5.74, 6) is 3.29. The number of methoxy groups -OCH3 is 2. The van der Waals surface area contributed by atoms with Crippen molar-refractivity contribution in [3.8, 4) is 11.5 Å². The molecule has 0 saturated heterocycles. The molecule has 0 heterocycles. The van der Waals surface area contributed by atoms with E-state index in [9.17, 15) is 0 Å². The van der Waals surface area contributed by atoms with Crippen LogP contribution < -0.4 is 14.8 Å². The first kappa shape index (κ1) is 16.6. The van der Waals surface area contributed by atoms with Gasteiger partial charge in [-0.3, -0.25) is 0 Å². The minimum Gasteiger partial charge on any atom is -0.493 e. The van der Waals surface area contributed by atoms with Gasteiger partial charge in [-0.05, 0) is 48.9 Å². The summed E-state index contributed by atoms with van der Waals surface area (Å²) in [7, 11) is 3.33. The molecule has 1 aromatic carbocycles. The maximum Gasteiger partial charge on any atom is 0.161 e. The molecule has 1 aliphatic rings. The maximum absolute atomic E-state index is 5.37. The van der Waals surface area contributed by atoms with Crippen molar-refractivity contribution >= 4 is 15.9 Å². The lowest BCUT2D eigenvalue weighted by Gasteiger charge is -2.26. The van der Waals surface area contributed by atoms with E-state index in [0.717, 1.165) is 40.9 Å². The average molecular weight is 356 g/mol. The van der Waals surface area contributed by atoms with E-state index in [1.165, 1.54) is 31.2 Å². The maximum atomic E-state index is 5.37. The van der Waals surface area contributed by atoms with Crippen LogP contribution in [0.2, 0.25) is 0 Å². The van der Waals surface area contributed by atoms with E-state index in [0.29, 0.717) is 0 Å². The molecule has 0 amide bonds. The van der Waals surface area contributed by atoms with Crippen LogP contribution >= 0.6 is 15.9 Å². The lowest BCUT2D eigenvalue weighted by Crippen LogP contribution is -2.25. The number of hydrogen-bond acceptors (Lipinski definition) is 3. The fraction of sp³-hybridized carbons (Fsp3) is 0.647. The molecule has 0 bridgehead atoms. The summed E-state index contributed by atoms with van der Waals surface area (Å²) in [6.45, 7) is 4.32. The number of benzene rings is 1. The van der Waals surface area contributed by atoms with Crippen molar-refractivity contribution in [3.63, 3.8) is 0 Å². The quantitative estimate of drug-likeness (QED) is 0.820. The minimum atomic E-state index is 0.759. The molecular weight excluding hydrogens is 330 g/mol. The number of rotatable bonds is 6. The zero-order chi connectivity index (χ0) is 15.2. The topological polar surface area (TPSA) is 30.5 Å². The first-order valence-electron chi connectivity index (χ1n) is 7.75. The van der Waals surface area contributed by atoms with Gasteiger partial charge in [0.05, 0.1) is 14.2 Å². The Bertz CT molecular complexity index is 456. The zero-order valence-corrected chi connectivity index (χ0v) is 14.8. The van der Waals surface area contributed by atoms with E-state index >= 15 is 0 Å².